The molecule has 0 aliphatic carbocycles. The number of hydrogen-bond donors (Lipinski definition) is 2. The topological polar surface area (TPSA) is 79.3 Å². The van der Waals surface area contributed by atoms with E-state index in [0.717, 1.165) is 0 Å². The minimum Gasteiger partial charge on any atom is -0.392 e. The van der Waals surface area contributed by atoms with E-state index in [2.05, 4.69) is 9.71 Å². The molecule has 0 radical (unpaired) electrons. The summed E-state index contributed by atoms with van der Waals surface area (Å²) in [5.41, 5.74) is 0.584. The lowest BCUT2D eigenvalue weighted by molar-refractivity contribution is 0.281. The van der Waals surface area contributed by atoms with Gasteiger partial charge in [-0.2, -0.15) is 0 Å². The van der Waals surface area contributed by atoms with E-state index in [1.807, 2.05) is 0 Å². The zero-order valence-corrected chi connectivity index (χ0v) is 8.58. The molecular formula is C8H12N2O3S. The van der Waals surface area contributed by atoms with Crippen LogP contribution < -0.4 is 4.72 Å². The molecule has 5 nitrogen and oxygen atoms in total. The third kappa shape index (κ3) is 2.50. The fraction of sp³-hybridized carbons (Fsp3) is 0.375. The second-order valence-corrected chi connectivity index (χ2v) is 4.38. The quantitative estimate of drug-likeness (QED) is 0.735. The van der Waals surface area contributed by atoms with Gasteiger partial charge in [0.25, 0.3) is 10.0 Å². The largest absolute Gasteiger partial charge is 0.392 e. The fourth-order valence-corrected chi connectivity index (χ4v) is 1.89. The van der Waals surface area contributed by atoms with Crippen LogP contribution in [-0.2, 0) is 16.6 Å². The molecule has 1 rings (SSSR count). The highest BCUT2D eigenvalue weighted by Crippen LogP contribution is 2.05. The van der Waals surface area contributed by atoms with Crippen molar-refractivity contribution < 1.29 is 13.5 Å². The lowest BCUT2D eigenvalue weighted by Crippen LogP contribution is -2.24. The van der Waals surface area contributed by atoms with Crippen LogP contribution in [0.5, 0.6) is 0 Å². The van der Waals surface area contributed by atoms with E-state index in [0.29, 0.717) is 12.1 Å². The maximum atomic E-state index is 11.4. The zero-order valence-electron chi connectivity index (χ0n) is 7.77. The first-order valence-electron chi connectivity index (χ1n) is 4.15. The van der Waals surface area contributed by atoms with Crippen LogP contribution in [0.2, 0.25) is 0 Å². The predicted octanol–water partition coefficient (Wildman–Crippen LogP) is -0.128. The van der Waals surface area contributed by atoms with Crippen molar-refractivity contribution in [3.05, 3.63) is 23.9 Å². The molecule has 0 aliphatic heterocycles. The zero-order chi connectivity index (χ0) is 10.6. The maximum absolute atomic E-state index is 11.4. The number of hydrogen-bond acceptors (Lipinski definition) is 4. The van der Waals surface area contributed by atoms with E-state index in [1.165, 1.54) is 18.3 Å². The van der Waals surface area contributed by atoms with E-state index in [9.17, 15) is 8.42 Å². The van der Waals surface area contributed by atoms with E-state index in [4.69, 9.17) is 5.11 Å². The Kier molecular flexibility index (Phi) is 3.56. The number of nitrogens with one attached hydrogen (secondary N) is 1. The van der Waals surface area contributed by atoms with Crippen LogP contribution >= 0.6 is 0 Å². The summed E-state index contributed by atoms with van der Waals surface area (Å²) >= 11 is 0. The summed E-state index contributed by atoms with van der Waals surface area (Å²) in [5.74, 6) is 0. The highest BCUT2D eigenvalue weighted by Gasteiger charge is 2.13. The van der Waals surface area contributed by atoms with Gasteiger partial charge in [-0.25, -0.2) is 18.1 Å². The van der Waals surface area contributed by atoms with Crippen molar-refractivity contribution in [1.82, 2.24) is 9.71 Å². The van der Waals surface area contributed by atoms with Gasteiger partial charge >= 0.3 is 0 Å². The van der Waals surface area contributed by atoms with Crippen LogP contribution in [-0.4, -0.2) is 25.1 Å². The number of rotatable bonds is 4. The molecule has 0 bridgehead atoms. The molecule has 0 atom stereocenters. The molecule has 0 unspecified atom stereocenters. The van der Waals surface area contributed by atoms with Crippen molar-refractivity contribution in [3.8, 4) is 0 Å². The van der Waals surface area contributed by atoms with Crippen molar-refractivity contribution in [2.24, 2.45) is 0 Å². The minimum absolute atomic E-state index is 0.0310. The van der Waals surface area contributed by atoms with E-state index < -0.39 is 10.0 Å². The SMILES string of the molecule is CCNS(=O)(=O)c1ccc(CO)cn1. The lowest BCUT2D eigenvalue weighted by Gasteiger charge is -2.03. The summed E-state index contributed by atoms with van der Waals surface area (Å²) in [7, 11) is -3.48. The third-order valence-corrected chi connectivity index (χ3v) is 3.05. The van der Waals surface area contributed by atoms with Gasteiger partial charge in [0.1, 0.15) is 0 Å². The monoisotopic (exact) mass is 216 g/mol. The van der Waals surface area contributed by atoms with Gasteiger partial charge in [0.05, 0.1) is 6.61 Å². The summed E-state index contributed by atoms with van der Waals surface area (Å²) in [4.78, 5) is 3.73. The van der Waals surface area contributed by atoms with E-state index in [1.54, 1.807) is 6.92 Å². The second kappa shape index (κ2) is 4.50. The first kappa shape index (κ1) is 11.1. The first-order chi connectivity index (χ1) is 6.60. The fourth-order valence-electron chi connectivity index (χ4n) is 0.927. The van der Waals surface area contributed by atoms with Crippen LogP contribution in [0.4, 0.5) is 0 Å². The number of aliphatic hydroxyl groups excluding tert-OH is 1. The summed E-state index contributed by atoms with van der Waals surface area (Å²) in [6, 6.07) is 2.89. The Morgan fingerprint density at radius 1 is 1.50 bits per heavy atom. The van der Waals surface area contributed by atoms with Gasteiger partial charge in [-0.3, -0.25) is 0 Å². The van der Waals surface area contributed by atoms with Crippen LogP contribution in [0.1, 0.15) is 12.5 Å². The van der Waals surface area contributed by atoms with Gasteiger partial charge in [-0.05, 0) is 11.6 Å². The second-order valence-electron chi connectivity index (χ2n) is 2.66. The molecule has 1 aromatic heterocycles. The average molecular weight is 216 g/mol. The molecule has 1 aromatic rings. The van der Waals surface area contributed by atoms with Crippen LogP contribution in [0.25, 0.3) is 0 Å². The van der Waals surface area contributed by atoms with Crippen LogP contribution in [0.3, 0.4) is 0 Å². The van der Waals surface area contributed by atoms with Crippen molar-refractivity contribution in [1.29, 1.82) is 0 Å². The predicted molar refractivity (Wildman–Crippen MR) is 51.0 cm³/mol. The lowest BCUT2D eigenvalue weighted by atomic mass is 10.3. The van der Waals surface area contributed by atoms with Gasteiger partial charge in [0, 0.05) is 12.7 Å². The molecule has 0 saturated carbocycles. The number of nitrogens with zero attached hydrogens (tertiary/aromatic N) is 1. The molecule has 1 heterocycles. The summed E-state index contributed by atoms with van der Waals surface area (Å²) < 4.78 is 25.1. The van der Waals surface area contributed by atoms with Crippen LogP contribution in [0, 0.1) is 0 Å². The average Bonchev–Trinajstić information content (AvgIpc) is 2.18. The molecule has 6 heteroatoms. The van der Waals surface area contributed by atoms with Crippen molar-refractivity contribution in [2.75, 3.05) is 6.54 Å². The number of pyridine rings is 1. The van der Waals surface area contributed by atoms with Gasteiger partial charge in [0.2, 0.25) is 0 Å². The summed E-state index contributed by atoms with van der Waals surface area (Å²) in [6.45, 7) is 1.87. The molecule has 78 valence electrons. The van der Waals surface area contributed by atoms with Crippen molar-refractivity contribution in [3.63, 3.8) is 0 Å². The first-order valence-corrected chi connectivity index (χ1v) is 5.64. The van der Waals surface area contributed by atoms with Crippen LogP contribution in [0.15, 0.2) is 23.4 Å². The smallest absolute Gasteiger partial charge is 0.258 e. The molecule has 0 aliphatic rings. The Hall–Kier alpha value is -0.980. The molecule has 0 amide bonds. The maximum Gasteiger partial charge on any atom is 0.258 e. The van der Waals surface area contributed by atoms with E-state index in [-0.39, 0.29) is 11.6 Å². The number of aromatic nitrogens is 1. The van der Waals surface area contributed by atoms with E-state index >= 15 is 0 Å². The molecule has 0 saturated heterocycles. The molecule has 2 N–H and O–H groups in total. The highest BCUT2D eigenvalue weighted by atomic mass is 32.2. The number of sulfonamides is 1. The van der Waals surface area contributed by atoms with Crippen molar-refractivity contribution in [2.45, 2.75) is 18.6 Å². The Labute approximate surface area is 82.9 Å². The Bertz CT molecular complexity index is 386. The van der Waals surface area contributed by atoms with Gasteiger partial charge in [-0.15, -0.1) is 0 Å². The highest BCUT2D eigenvalue weighted by molar-refractivity contribution is 7.89. The molecule has 0 aromatic carbocycles. The molecule has 14 heavy (non-hydrogen) atoms. The van der Waals surface area contributed by atoms with Crippen molar-refractivity contribution >= 4 is 10.0 Å². The van der Waals surface area contributed by atoms with Gasteiger partial charge < -0.3 is 5.11 Å². The van der Waals surface area contributed by atoms with Gasteiger partial charge in [0.15, 0.2) is 5.03 Å². The Morgan fingerprint density at radius 3 is 2.64 bits per heavy atom. The summed E-state index contributed by atoms with van der Waals surface area (Å²) in [6.07, 6.45) is 1.34. The molecular weight excluding hydrogens is 204 g/mol. The standard InChI is InChI=1S/C8H12N2O3S/c1-2-10-14(12,13)8-4-3-7(6-11)5-9-8/h3-5,10-11H,2,6H2,1H3. The Balaban J connectivity index is 2.97. The number of aliphatic hydroxyl groups is 1. The summed E-state index contributed by atoms with van der Waals surface area (Å²) in [5, 5.41) is 8.70. The van der Waals surface area contributed by atoms with Gasteiger partial charge in [-0.1, -0.05) is 13.0 Å². The minimum atomic E-state index is -3.48. The molecule has 0 fully saturated rings. The molecule has 0 spiro atoms. The normalized spacial score (nSPS) is 11.6. The Morgan fingerprint density at radius 2 is 2.21 bits per heavy atom. The third-order valence-electron chi connectivity index (χ3n) is 1.59.